The van der Waals surface area contributed by atoms with Crippen molar-refractivity contribution in [2.24, 2.45) is 15.3 Å². The number of nitrogens with zero attached hydrogens (tertiary/aromatic N) is 7. The Balaban J connectivity index is 0.00000308. The van der Waals surface area contributed by atoms with Crippen LogP contribution < -0.4 is 10.3 Å². The molecule has 2 aromatic carbocycles. The number of azo groups is 1. The molecule has 0 fully saturated rings. The first-order valence-corrected chi connectivity index (χ1v) is 14.7. The molecule has 4 rings (SSSR count). The third kappa shape index (κ3) is 8.57. The Morgan fingerprint density at radius 2 is 1.48 bits per heavy atom. The molecule has 1 aliphatic rings. The second kappa shape index (κ2) is 14.4. The van der Waals surface area contributed by atoms with Crippen molar-refractivity contribution in [3.05, 3.63) is 50.9 Å². The molecule has 23 heteroatoms. The first kappa shape index (κ1) is 37.2. The van der Waals surface area contributed by atoms with Gasteiger partial charge in [0, 0.05) is 64.8 Å². The number of carbonyl (C=O) groups excluding carboxylic acids is 1. The van der Waals surface area contributed by atoms with Crippen LogP contribution in [0.2, 0.25) is 20.6 Å². The van der Waals surface area contributed by atoms with E-state index in [4.69, 9.17) is 46.4 Å². The minimum absolute atomic E-state index is 0. The van der Waals surface area contributed by atoms with Gasteiger partial charge in [-0.1, -0.05) is 23.2 Å². The zero-order valence-electron chi connectivity index (χ0n) is 21.4. The molecule has 1 aromatic heterocycles. The van der Waals surface area contributed by atoms with Gasteiger partial charge in [-0.25, -0.2) is 0 Å². The van der Waals surface area contributed by atoms with Crippen LogP contribution in [-0.4, -0.2) is 118 Å². The average molecular weight is 716 g/mol. The predicted octanol–water partition coefficient (Wildman–Crippen LogP) is 3.84. The van der Waals surface area contributed by atoms with E-state index in [9.17, 15) is 30.7 Å². The Hall–Kier alpha value is -1.03. The zero-order valence-corrected chi connectivity index (χ0v) is 30.0. The zero-order chi connectivity index (χ0) is 29.6. The van der Waals surface area contributed by atoms with Crippen LogP contribution in [0, 0.1) is 0 Å². The van der Waals surface area contributed by atoms with Crippen molar-refractivity contribution in [2.45, 2.75) is 22.8 Å². The molecule has 2 heterocycles. The van der Waals surface area contributed by atoms with E-state index >= 15 is 0 Å². The third-order valence-corrected chi connectivity index (χ3v) is 7.82. The minimum atomic E-state index is -4.78. The molecule has 2 radical (unpaired) electrons. The van der Waals surface area contributed by atoms with Gasteiger partial charge >= 0.3 is 0 Å². The van der Waals surface area contributed by atoms with E-state index in [1.54, 1.807) is 0 Å². The minimum Gasteiger partial charge on any atom is -0.324 e. The number of benzene rings is 2. The summed E-state index contributed by atoms with van der Waals surface area (Å²) in [6, 6.07) is 3.90. The van der Waals surface area contributed by atoms with Crippen molar-refractivity contribution in [1.82, 2.24) is 15.0 Å². The van der Waals surface area contributed by atoms with Crippen molar-refractivity contribution in [3.63, 3.8) is 0 Å². The fraction of sp³-hybridized carbons (Fsp3) is 0.105. The average Bonchev–Trinajstić information content (AvgIpc) is 3.09. The second-order valence-electron chi connectivity index (χ2n) is 7.70. The van der Waals surface area contributed by atoms with Crippen LogP contribution in [0.3, 0.4) is 0 Å². The normalized spacial score (nSPS) is 15.3. The van der Waals surface area contributed by atoms with Crippen LogP contribution in [-0.2, 0) is 25.0 Å². The van der Waals surface area contributed by atoms with Crippen molar-refractivity contribution >= 4 is 160 Å². The molecule has 1 atom stereocenters. The Bertz CT molecular complexity index is 1830. The number of hydrazone groups is 1. The van der Waals surface area contributed by atoms with Crippen molar-refractivity contribution in [2.75, 3.05) is 10.3 Å². The summed E-state index contributed by atoms with van der Waals surface area (Å²) in [5, 5.41) is 14.1. The summed E-state index contributed by atoms with van der Waals surface area (Å²) in [5.74, 6) is -0.899. The van der Waals surface area contributed by atoms with Gasteiger partial charge in [-0.3, -0.25) is 13.9 Å². The Morgan fingerprint density at radius 3 is 2.05 bits per heavy atom. The number of halogens is 4. The maximum atomic E-state index is 13.1. The third-order valence-electron chi connectivity index (χ3n) is 4.96. The van der Waals surface area contributed by atoms with E-state index < -0.39 is 47.0 Å². The Labute approximate surface area is 302 Å². The largest absolute Gasteiger partial charge is 0.324 e. The standard InChI is InChI=1S/C19H12Cl4N8O7S2.2Na/c1-7-15(16(32)31(30-7)12-5-10(21)14(6-9(12)20)40(36,37)38)29-28-11-4-8(2-3-13(11)39(33,34)35)24-19-26-17(22)25-18(23)27-19;;/h2-6,15H,1H3,(H,33,34,35)(H,36,37,38)(H,24,25,26,27);;. The summed E-state index contributed by atoms with van der Waals surface area (Å²) in [6.45, 7) is 1.42. The Kier molecular flexibility index (Phi) is 12.7. The molecule has 0 saturated heterocycles. The predicted molar refractivity (Wildman–Crippen MR) is 156 cm³/mol. The molecular formula is C19H12Cl4N8Na2O7S2. The summed E-state index contributed by atoms with van der Waals surface area (Å²) in [4.78, 5) is 23.0. The quantitative estimate of drug-likeness (QED) is 0.181. The summed E-state index contributed by atoms with van der Waals surface area (Å²) in [7, 11) is -9.48. The number of amides is 1. The molecule has 1 amide bonds. The first-order chi connectivity index (χ1) is 18.5. The Morgan fingerprint density at radius 1 is 0.881 bits per heavy atom. The summed E-state index contributed by atoms with van der Waals surface area (Å²) in [6.07, 6.45) is 0. The molecule has 0 aliphatic carbocycles. The molecule has 0 bridgehead atoms. The molecule has 3 N–H and O–H groups in total. The van der Waals surface area contributed by atoms with Gasteiger partial charge in [-0.05, 0) is 60.5 Å². The molecule has 3 aromatic rings. The number of carbonyl (C=O) groups is 1. The van der Waals surface area contributed by atoms with E-state index in [2.05, 4.69) is 35.6 Å². The molecule has 42 heavy (non-hydrogen) atoms. The topological polar surface area (TPSA) is 217 Å². The molecule has 0 saturated carbocycles. The van der Waals surface area contributed by atoms with Gasteiger partial charge in [0.1, 0.15) is 15.5 Å². The van der Waals surface area contributed by atoms with Crippen molar-refractivity contribution in [3.8, 4) is 0 Å². The van der Waals surface area contributed by atoms with Gasteiger partial charge < -0.3 is 5.32 Å². The van der Waals surface area contributed by atoms with Gasteiger partial charge in [0.05, 0.1) is 21.4 Å². The van der Waals surface area contributed by atoms with E-state index in [1.165, 1.54) is 13.0 Å². The van der Waals surface area contributed by atoms with Crippen LogP contribution in [0.1, 0.15) is 6.92 Å². The molecular weight excluding hydrogens is 704 g/mol. The van der Waals surface area contributed by atoms with E-state index in [0.717, 1.165) is 29.3 Å². The molecule has 1 aliphatic heterocycles. The number of hydrogen-bond acceptors (Lipinski definition) is 12. The SMILES string of the molecule is CC1=NN(c2cc(Cl)c(S(=O)(=O)O)cc2Cl)C(=O)C1N=Nc1cc(Nc2nc(Cl)nc(Cl)n2)ccc1S(=O)(=O)O.[Na].[Na]. The summed E-state index contributed by atoms with van der Waals surface area (Å²) < 4.78 is 65.7. The second-order valence-corrected chi connectivity index (χ2v) is 12.0. The van der Waals surface area contributed by atoms with Crippen LogP contribution in [0.15, 0.2) is 55.5 Å². The van der Waals surface area contributed by atoms with Crippen molar-refractivity contribution < 1.29 is 30.7 Å². The number of aromatic nitrogens is 3. The van der Waals surface area contributed by atoms with Gasteiger partial charge in [0.25, 0.3) is 26.1 Å². The van der Waals surface area contributed by atoms with Crippen LogP contribution in [0.5, 0.6) is 0 Å². The van der Waals surface area contributed by atoms with Crippen LogP contribution in [0.4, 0.5) is 23.0 Å². The first-order valence-electron chi connectivity index (χ1n) is 10.3. The number of rotatable bonds is 7. The van der Waals surface area contributed by atoms with Gasteiger partial charge in [0.2, 0.25) is 16.5 Å². The van der Waals surface area contributed by atoms with Crippen LogP contribution in [0.25, 0.3) is 0 Å². The number of hydrogen-bond donors (Lipinski definition) is 3. The van der Waals surface area contributed by atoms with Gasteiger partial charge in [-0.2, -0.15) is 52.1 Å². The molecule has 0 spiro atoms. The van der Waals surface area contributed by atoms with Gasteiger partial charge in [-0.15, -0.1) is 0 Å². The fourth-order valence-corrected chi connectivity index (χ4v) is 5.56. The van der Waals surface area contributed by atoms with E-state index in [-0.39, 0.29) is 103 Å². The number of anilines is 3. The molecule has 212 valence electrons. The fourth-order valence-electron chi connectivity index (χ4n) is 3.26. The van der Waals surface area contributed by atoms with Crippen LogP contribution >= 0.6 is 46.4 Å². The van der Waals surface area contributed by atoms with E-state index in [1.807, 2.05) is 0 Å². The molecule has 15 nitrogen and oxygen atoms in total. The smallest absolute Gasteiger partial charge is 0.296 e. The summed E-state index contributed by atoms with van der Waals surface area (Å²) >= 11 is 23.6. The molecule has 1 unspecified atom stereocenters. The van der Waals surface area contributed by atoms with E-state index in [0.29, 0.717) is 0 Å². The number of nitrogens with one attached hydrogen (secondary N) is 1. The maximum Gasteiger partial charge on any atom is 0.296 e. The maximum absolute atomic E-state index is 13.1. The van der Waals surface area contributed by atoms with Gasteiger partial charge in [0.15, 0.2) is 6.04 Å². The van der Waals surface area contributed by atoms with Crippen molar-refractivity contribution in [1.29, 1.82) is 0 Å². The monoisotopic (exact) mass is 714 g/mol. The summed E-state index contributed by atoms with van der Waals surface area (Å²) in [5.41, 5.74) is -0.237.